The third-order valence-electron chi connectivity index (χ3n) is 2.60. The van der Waals surface area contributed by atoms with Gasteiger partial charge < -0.3 is 15.4 Å². The minimum absolute atomic E-state index is 0.238. The summed E-state index contributed by atoms with van der Waals surface area (Å²) >= 11 is 5.78. The molecule has 0 radical (unpaired) electrons. The molecule has 1 aromatic heterocycles. The largest absolute Gasteiger partial charge is 0.383 e. The summed E-state index contributed by atoms with van der Waals surface area (Å²) in [5.74, 6) is 0.267. The van der Waals surface area contributed by atoms with E-state index < -0.39 is 0 Å². The lowest BCUT2D eigenvalue weighted by atomic mass is 10.3. The molecule has 1 heterocycles. The number of benzene rings is 1. The number of aromatic nitrogens is 2. The van der Waals surface area contributed by atoms with Crippen LogP contribution in [0.3, 0.4) is 0 Å². The molecule has 7 heteroatoms. The molecule has 0 saturated heterocycles. The predicted octanol–water partition coefficient (Wildman–Crippen LogP) is 2.44. The molecule has 0 atom stereocenters. The van der Waals surface area contributed by atoms with Crippen molar-refractivity contribution in [2.24, 2.45) is 0 Å². The fourth-order valence-electron chi connectivity index (χ4n) is 1.55. The first-order valence-corrected chi connectivity index (χ1v) is 6.68. The third kappa shape index (κ3) is 4.70. The number of carbonyl (C=O) groups is 1. The molecule has 0 aliphatic carbocycles. The summed E-state index contributed by atoms with van der Waals surface area (Å²) in [7, 11) is 1.62. The molecular formula is C14H15ClN4O2. The first-order valence-electron chi connectivity index (χ1n) is 6.31. The molecule has 6 nitrogen and oxygen atoms in total. The lowest BCUT2D eigenvalue weighted by molar-refractivity contribution is 0.102. The molecular weight excluding hydrogens is 292 g/mol. The number of hydrogen-bond donors (Lipinski definition) is 2. The van der Waals surface area contributed by atoms with Crippen molar-refractivity contribution in [3.8, 4) is 0 Å². The average Bonchev–Trinajstić information content (AvgIpc) is 2.50. The maximum absolute atomic E-state index is 12.0. The van der Waals surface area contributed by atoms with Gasteiger partial charge in [0.1, 0.15) is 11.5 Å². The lowest BCUT2D eigenvalue weighted by Crippen LogP contribution is -2.15. The topological polar surface area (TPSA) is 76.1 Å². The Hall–Kier alpha value is -2.18. The first kappa shape index (κ1) is 15.2. The highest BCUT2D eigenvalue weighted by molar-refractivity contribution is 6.30. The van der Waals surface area contributed by atoms with Crippen molar-refractivity contribution >= 4 is 29.0 Å². The van der Waals surface area contributed by atoms with Crippen molar-refractivity contribution in [3.63, 3.8) is 0 Å². The second kappa shape index (κ2) is 7.56. The highest BCUT2D eigenvalue weighted by atomic mass is 35.5. The Labute approximate surface area is 127 Å². The number of halogens is 1. The standard InChI is InChI=1S/C14H15ClN4O2/c1-21-7-6-16-13-9-17-12(8-18-13)14(20)19-11-4-2-10(15)3-5-11/h2-5,8-9H,6-7H2,1H3,(H,16,18)(H,19,20). The molecule has 110 valence electrons. The highest BCUT2D eigenvalue weighted by Crippen LogP contribution is 2.14. The molecule has 0 saturated carbocycles. The van der Waals surface area contributed by atoms with E-state index >= 15 is 0 Å². The molecule has 0 bridgehead atoms. The fourth-order valence-corrected chi connectivity index (χ4v) is 1.67. The van der Waals surface area contributed by atoms with Crippen LogP contribution in [-0.2, 0) is 4.74 Å². The molecule has 1 aromatic carbocycles. The van der Waals surface area contributed by atoms with Crippen molar-refractivity contribution in [3.05, 3.63) is 47.4 Å². The van der Waals surface area contributed by atoms with Gasteiger partial charge in [0.2, 0.25) is 0 Å². The van der Waals surface area contributed by atoms with Gasteiger partial charge in [0, 0.05) is 24.4 Å². The Morgan fingerprint density at radius 1 is 1.24 bits per heavy atom. The summed E-state index contributed by atoms with van der Waals surface area (Å²) in [6.45, 7) is 1.20. The zero-order valence-electron chi connectivity index (χ0n) is 11.5. The minimum Gasteiger partial charge on any atom is -0.383 e. The van der Waals surface area contributed by atoms with Gasteiger partial charge in [-0.2, -0.15) is 0 Å². The van der Waals surface area contributed by atoms with Gasteiger partial charge >= 0.3 is 0 Å². The van der Waals surface area contributed by atoms with Crippen LogP contribution >= 0.6 is 11.6 Å². The van der Waals surface area contributed by atoms with Crippen molar-refractivity contribution < 1.29 is 9.53 Å². The van der Waals surface area contributed by atoms with Gasteiger partial charge in [-0.05, 0) is 24.3 Å². The van der Waals surface area contributed by atoms with Crippen molar-refractivity contribution in [1.29, 1.82) is 0 Å². The number of hydrogen-bond acceptors (Lipinski definition) is 5. The van der Waals surface area contributed by atoms with Crippen LogP contribution in [0.5, 0.6) is 0 Å². The number of carbonyl (C=O) groups excluding carboxylic acids is 1. The number of amides is 1. The number of nitrogens with one attached hydrogen (secondary N) is 2. The van der Waals surface area contributed by atoms with Gasteiger partial charge in [-0.25, -0.2) is 9.97 Å². The fraction of sp³-hybridized carbons (Fsp3) is 0.214. The minimum atomic E-state index is -0.326. The van der Waals surface area contributed by atoms with Gasteiger partial charge in [-0.3, -0.25) is 4.79 Å². The predicted molar refractivity (Wildman–Crippen MR) is 81.8 cm³/mol. The molecule has 2 aromatic rings. The van der Waals surface area contributed by atoms with Crippen LogP contribution in [0.2, 0.25) is 5.02 Å². The number of rotatable bonds is 6. The van der Waals surface area contributed by atoms with Gasteiger partial charge in [0.15, 0.2) is 0 Å². The number of ether oxygens (including phenoxy) is 1. The Morgan fingerprint density at radius 3 is 2.62 bits per heavy atom. The van der Waals surface area contributed by atoms with Crippen LogP contribution < -0.4 is 10.6 Å². The number of anilines is 2. The molecule has 1 amide bonds. The molecule has 0 spiro atoms. The lowest BCUT2D eigenvalue weighted by Gasteiger charge is -2.06. The van der Waals surface area contributed by atoms with E-state index in [1.165, 1.54) is 12.4 Å². The summed E-state index contributed by atoms with van der Waals surface area (Å²) in [6, 6.07) is 6.83. The summed E-state index contributed by atoms with van der Waals surface area (Å²) in [4.78, 5) is 20.2. The first-order chi connectivity index (χ1) is 10.2. The van der Waals surface area contributed by atoms with Crippen LogP contribution in [0, 0.1) is 0 Å². The Bertz CT molecular complexity index is 587. The number of methoxy groups -OCH3 is 1. The summed E-state index contributed by atoms with van der Waals surface area (Å²) in [5.41, 5.74) is 0.885. The van der Waals surface area contributed by atoms with Gasteiger partial charge in [-0.1, -0.05) is 11.6 Å². The van der Waals surface area contributed by atoms with Crippen LogP contribution in [0.25, 0.3) is 0 Å². The zero-order valence-corrected chi connectivity index (χ0v) is 12.2. The van der Waals surface area contributed by atoms with E-state index in [1.54, 1.807) is 31.4 Å². The average molecular weight is 307 g/mol. The zero-order chi connectivity index (χ0) is 15.1. The molecule has 0 unspecified atom stereocenters. The van der Waals surface area contributed by atoms with Crippen molar-refractivity contribution in [1.82, 2.24) is 9.97 Å². The monoisotopic (exact) mass is 306 g/mol. The summed E-state index contributed by atoms with van der Waals surface area (Å²) < 4.78 is 4.92. The second-order valence-electron chi connectivity index (χ2n) is 4.17. The second-order valence-corrected chi connectivity index (χ2v) is 4.60. The Kier molecular flexibility index (Phi) is 5.48. The van der Waals surface area contributed by atoms with Gasteiger partial charge in [0.05, 0.1) is 19.0 Å². The smallest absolute Gasteiger partial charge is 0.275 e. The van der Waals surface area contributed by atoms with Gasteiger partial charge in [-0.15, -0.1) is 0 Å². The van der Waals surface area contributed by atoms with Crippen molar-refractivity contribution in [2.75, 3.05) is 30.9 Å². The van der Waals surface area contributed by atoms with Crippen LogP contribution in [0.15, 0.2) is 36.7 Å². The molecule has 2 rings (SSSR count). The Morgan fingerprint density at radius 2 is 2.00 bits per heavy atom. The van der Waals surface area contributed by atoms with Crippen LogP contribution in [0.4, 0.5) is 11.5 Å². The quantitative estimate of drug-likeness (QED) is 0.802. The van der Waals surface area contributed by atoms with E-state index in [4.69, 9.17) is 16.3 Å². The maximum atomic E-state index is 12.0. The van der Waals surface area contributed by atoms with Gasteiger partial charge in [0.25, 0.3) is 5.91 Å². The highest BCUT2D eigenvalue weighted by Gasteiger charge is 2.08. The number of nitrogens with zero attached hydrogens (tertiary/aromatic N) is 2. The molecule has 2 N–H and O–H groups in total. The van der Waals surface area contributed by atoms with E-state index in [-0.39, 0.29) is 11.6 Å². The normalized spacial score (nSPS) is 10.2. The molecule has 0 aliphatic heterocycles. The van der Waals surface area contributed by atoms with E-state index in [2.05, 4.69) is 20.6 Å². The van der Waals surface area contributed by atoms with Crippen molar-refractivity contribution in [2.45, 2.75) is 0 Å². The van der Waals surface area contributed by atoms with Crippen LogP contribution in [0.1, 0.15) is 10.5 Å². The van der Waals surface area contributed by atoms with E-state index in [9.17, 15) is 4.79 Å². The molecule has 0 aliphatic rings. The molecule has 0 fully saturated rings. The maximum Gasteiger partial charge on any atom is 0.275 e. The SMILES string of the molecule is COCCNc1cnc(C(=O)Nc2ccc(Cl)cc2)cn1. The molecule has 21 heavy (non-hydrogen) atoms. The summed E-state index contributed by atoms with van der Waals surface area (Å²) in [6.07, 6.45) is 2.92. The van der Waals surface area contributed by atoms with E-state index in [1.807, 2.05) is 0 Å². The van der Waals surface area contributed by atoms with E-state index in [0.29, 0.717) is 29.7 Å². The third-order valence-corrected chi connectivity index (χ3v) is 2.85. The summed E-state index contributed by atoms with van der Waals surface area (Å²) in [5, 5.41) is 6.35. The van der Waals surface area contributed by atoms with E-state index in [0.717, 1.165) is 0 Å². The van der Waals surface area contributed by atoms with Crippen LogP contribution in [-0.4, -0.2) is 36.1 Å². The Balaban J connectivity index is 1.94.